The summed E-state index contributed by atoms with van der Waals surface area (Å²) < 4.78 is 10.4. The molecule has 1 aromatic carbocycles. The van der Waals surface area contributed by atoms with Gasteiger partial charge in [-0.05, 0) is 35.9 Å². The highest BCUT2D eigenvalue weighted by molar-refractivity contribution is 5.94. The Balaban J connectivity index is 1.85. The molecule has 1 aliphatic heterocycles. The SMILES string of the molecule is N#Cc1cccc(C=C2NC(c3ccco3)OC2=O)c1. The number of hydrogen-bond donors (Lipinski definition) is 1. The predicted molar refractivity (Wildman–Crippen MR) is 69.8 cm³/mol. The highest BCUT2D eigenvalue weighted by Gasteiger charge is 2.30. The molecule has 2 heterocycles. The Morgan fingerprint density at radius 3 is 2.95 bits per heavy atom. The van der Waals surface area contributed by atoms with Gasteiger partial charge in [-0.25, -0.2) is 4.79 Å². The molecular weight excluding hydrogens is 256 g/mol. The van der Waals surface area contributed by atoms with Crippen LogP contribution in [0.4, 0.5) is 0 Å². The lowest BCUT2D eigenvalue weighted by Crippen LogP contribution is -2.12. The minimum absolute atomic E-state index is 0.335. The van der Waals surface area contributed by atoms with Crippen molar-refractivity contribution in [2.45, 2.75) is 6.23 Å². The molecule has 0 radical (unpaired) electrons. The molecule has 5 nitrogen and oxygen atoms in total. The second-order valence-electron chi connectivity index (χ2n) is 4.24. The summed E-state index contributed by atoms with van der Waals surface area (Å²) in [6.07, 6.45) is 2.55. The molecule has 2 aromatic rings. The second kappa shape index (κ2) is 4.94. The van der Waals surface area contributed by atoms with Crippen LogP contribution in [0.1, 0.15) is 23.1 Å². The summed E-state index contributed by atoms with van der Waals surface area (Å²) in [6.45, 7) is 0. The second-order valence-corrected chi connectivity index (χ2v) is 4.24. The molecule has 1 aliphatic rings. The average molecular weight is 266 g/mol. The van der Waals surface area contributed by atoms with E-state index in [1.54, 1.807) is 36.4 Å². The molecular formula is C15H10N2O3. The van der Waals surface area contributed by atoms with Gasteiger partial charge in [0.15, 0.2) is 5.76 Å². The van der Waals surface area contributed by atoms with Crippen molar-refractivity contribution in [3.8, 4) is 6.07 Å². The molecule has 0 bridgehead atoms. The fourth-order valence-corrected chi connectivity index (χ4v) is 1.94. The van der Waals surface area contributed by atoms with Gasteiger partial charge < -0.3 is 14.5 Å². The quantitative estimate of drug-likeness (QED) is 0.667. The maximum Gasteiger partial charge on any atom is 0.356 e. The Kier molecular flexibility index (Phi) is 2.98. The van der Waals surface area contributed by atoms with Gasteiger partial charge in [-0.3, -0.25) is 0 Å². The predicted octanol–water partition coefficient (Wildman–Crippen LogP) is 2.34. The molecule has 0 spiro atoms. The topological polar surface area (TPSA) is 75.3 Å². The standard InChI is InChI=1S/C15H10N2O3/c16-9-11-4-1-3-10(7-11)8-12-15(18)20-14(17-12)13-5-2-6-19-13/h1-8,14,17H. The van der Waals surface area contributed by atoms with Gasteiger partial charge in [-0.15, -0.1) is 0 Å². The van der Waals surface area contributed by atoms with Crippen molar-refractivity contribution in [3.63, 3.8) is 0 Å². The van der Waals surface area contributed by atoms with E-state index in [1.165, 1.54) is 6.26 Å². The summed E-state index contributed by atoms with van der Waals surface area (Å²) in [7, 11) is 0. The Morgan fingerprint density at radius 1 is 1.30 bits per heavy atom. The number of nitriles is 1. The summed E-state index contributed by atoms with van der Waals surface area (Å²) >= 11 is 0. The number of cyclic esters (lactones) is 1. The summed E-state index contributed by atoms with van der Waals surface area (Å²) in [5.74, 6) is 0.0845. The Bertz CT molecular complexity index is 711. The zero-order valence-electron chi connectivity index (χ0n) is 10.4. The maximum absolute atomic E-state index is 11.8. The van der Waals surface area contributed by atoms with Crippen molar-refractivity contribution in [2.75, 3.05) is 0 Å². The smallest absolute Gasteiger partial charge is 0.356 e. The summed E-state index contributed by atoms with van der Waals surface area (Å²) in [6, 6.07) is 12.5. The fraction of sp³-hybridized carbons (Fsp3) is 0.0667. The van der Waals surface area contributed by atoms with Gasteiger partial charge in [-0.2, -0.15) is 5.26 Å². The number of esters is 1. The minimum atomic E-state index is -0.608. The van der Waals surface area contributed by atoms with Crippen LogP contribution in [0.25, 0.3) is 6.08 Å². The van der Waals surface area contributed by atoms with Crippen LogP contribution in [0.3, 0.4) is 0 Å². The summed E-state index contributed by atoms with van der Waals surface area (Å²) in [5, 5.41) is 11.8. The lowest BCUT2D eigenvalue weighted by Gasteiger charge is -2.04. The number of nitrogens with zero attached hydrogens (tertiary/aromatic N) is 1. The van der Waals surface area contributed by atoms with Crippen molar-refractivity contribution in [3.05, 3.63) is 65.2 Å². The van der Waals surface area contributed by atoms with E-state index in [2.05, 4.69) is 11.4 Å². The van der Waals surface area contributed by atoms with Gasteiger partial charge in [0, 0.05) is 0 Å². The lowest BCUT2D eigenvalue weighted by atomic mass is 10.1. The Labute approximate surface area is 115 Å². The van der Waals surface area contributed by atoms with E-state index in [4.69, 9.17) is 14.4 Å². The van der Waals surface area contributed by atoms with E-state index >= 15 is 0 Å². The molecule has 3 rings (SSSR count). The molecule has 1 N–H and O–H groups in total. The van der Waals surface area contributed by atoms with Crippen molar-refractivity contribution in [2.24, 2.45) is 0 Å². The van der Waals surface area contributed by atoms with Crippen molar-refractivity contribution in [1.82, 2.24) is 5.32 Å². The zero-order chi connectivity index (χ0) is 13.9. The molecule has 1 unspecified atom stereocenters. The monoisotopic (exact) mass is 266 g/mol. The van der Waals surface area contributed by atoms with E-state index < -0.39 is 12.2 Å². The van der Waals surface area contributed by atoms with Gasteiger partial charge in [-0.1, -0.05) is 12.1 Å². The number of furan rings is 1. The number of nitrogens with one attached hydrogen (secondary N) is 1. The van der Waals surface area contributed by atoms with Crippen LogP contribution in [0.15, 0.2) is 52.8 Å². The van der Waals surface area contributed by atoms with Crippen molar-refractivity contribution in [1.29, 1.82) is 5.26 Å². The van der Waals surface area contributed by atoms with Gasteiger partial charge in [0.05, 0.1) is 17.9 Å². The molecule has 0 amide bonds. The molecule has 1 atom stereocenters. The highest BCUT2D eigenvalue weighted by Crippen LogP contribution is 2.24. The number of carbonyl (C=O) groups is 1. The van der Waals surface area contributed by atoms with Gasteiger partial charge >= 0.3 is 5.97 Å². The zero-order valence-corrected chi connectivity index (χ0v) is 10.4. The van der Waals surface area contributed by atoms with E-state index in [0.717, 1.165) is 5.56 Å². The van der Waals surface area contributed by atoms with Crippen LogP contribution in [-0.2, 0) is 9.53 Å². The first-order valence-electron chi connectivity index (χ1n) is 5.99. The average Bonchev–Trinajstić information content (AvgIpc) is 3.10. The van der Waals surface area contributed by atoms with Gasteiger partial charge in [0.1, 0.15) is 5.70 Å². The minimum Gasteiger partial charge on any atom is -0.463 e. The number of carbonyl (C=O) groups excluding carboxylic acids is 1. The molecule has 5 heteroatoms. The normalized spacial score (nSPS) is 19.4. The Morgan fingerprint density at radius 2 is 2.20 bits per heavy atom. The third-order valence-corrected chi connectivity index (χ3v) is 2.86. The molecule has 1 fully saturated rings. The Hall–Kier alpha value is -3.00. The van der Waals surface area contributed by atoms with E-state index in [-0.39, 0.29) is 0 Å². The number of ether oxygens (including phenoxy) is 1. The highest BCUT2D eigenvalue weighted by atomic mass is 16.6. The number of rotatable bonds is 2. The largest absolute Gasteiger partial charge is 0.463 e. The molecule has 1 aromatic heterocycles. The molecule has 0 saturated carbocycles. The summed E-state index contributed by atoms with van der Waals surface area (Å²) in [4.78, 5) is 11.8. The van der Waals surface area contributed by atoms with E-state index in [1.807, 2.05) is 6.07 Å². The molecule has 20 heavy (non-hydrogen) atoms. The summed E-state index contributed by atoms with van der Waals surface area (Å²) in [5.41, 5.74) is 1.62. The van der Waals surface area contributed by atoms with E-state index in [0.29, 0.717) is 17.0 Å². The number of hydrogen-bond acceptors (Lipinski definition) is 5. The van der Waals surface area contributed by atoms with Crippen LogP contribution in [-0.4, -0.2) is 5.97 Å². The van der Waals surface area contributed by atoms with Gasteiger partial charge in [0.2, 0.25) is 6.23 Å². The first-order chi connectivity index (χ1) is 9.76. The number of benzene rings is 1. The van der Waals surface area contributed by atoms with Crippen LogP contribution >= 0.6 is 0 Å². The van der Waals surface area contributed by atoms with Crippen LogP contribution < -0.4 is 5.32 Å². The third-order valence-electron chi connectivity index (χ3n) is 2.86. The van der Waals surface area contributed by atoms with Crippen LogP contribution in [0.5, 0.6) is 0 Å². The fourth-order valence-electron chi connectivity index (χ4n) is 1.94. The third kappa shape index (κ3) is 2.27. The van der Waals surface area contributed by atoms with Crippen molar-refractivity contribution >= 4 is 12.0 Å². The first kappa shape index (κ1) is 12.1. The van der Waals surface area contributed by atoms with Gasteiger partial charge in [0.25, 0.3) is 0 Å². The first-order valence-corrected chi connectivity index (χ1v) is 5.99. The molecule has 1 saturated heterocycles. The van der Waals surface area contributed by atoms with Crippen molar-refractivity contribution < 1.29 is 13.9 Å². The molecule has 98 valence electrons. The lowest BCUT2D eigenvalue weighted by molar-refractivity contribution is -0.139. The van der Waals surface area contributed by atoms with Crippen LogP contribution in [0.2, 0.25) is 0 Å². The van der Waals surface area contributed by atoms with E-state index in [9.17, 15) is 4.79 Å². The van der Waals surface area contributed by atoms with Crippen LogP contribution in [0, 0.1) is 11.3 Å². The maximum atomic E-state index is 11.8. The molecule has 0 aliphatic carbocycles.